The first-order chi connectivity index (χ1) is 5.27. The van der Waals surface area contributed by atoms with Gasteiger partial charge in [0.1, 0.15) is 0 Å². The Kier molecular flexibility index (Phi) is 1.75. The van der Waals surface area contributed by atoms with Crippen molar-refractivity contribution < 1.29 is 9.13 Å². The van der Waals surface area contributed by atoms with Crippen LogP contribution < -0.4 is 4.74 Å². The average Bonchev–Trinajstić information content (AvgIpc) is 2.34. The minimum Gasteiger partial charge on any atom is -0.490 e. The Morgan fingerprint density at radius 2 is 2.27 bits per heavy atom. The van der Waals surface area contributed by atoms with Gasteiger partial charge in [-0.2, -0.15) is 0 Å². The molecule has 58 valence electrons. The lowest BCUT2D eigenvalue weighted by Crippen LogP contribution is -1.88. The molecular weight excluding hydrogens is 258 g/mol. The van der Waals surface area contributed by atoms with E-state index in [0.29, 0.717) is 12.4 Å². The van der Waals surface area contributed by atoms with Gasteiger partial charge in [-0.1, -0.05) is 0 Å². The van der Waals surface area contributed by atoms with Crippen molar-refractivity contribution in [3.63, 3.8) is 0 Å². The lowest BCUT2D eigenvalue weighted by molar-refractivity contribution is 0.339. The van der Waals surface area contributed by atoms with Crippen LogP contribution in [0.2, 0.25) is 0 Å². The largest absolute Gasteiger partial charge is 0.490 e. The zero-order chi connectivity index (χ0) is 7.84. The van der Waals surface area contributed by atoms with Crippen LogP contribution in [0.1, 0.15) is 5.56 Å². The van der Waals surface area contributed by atoms with Gasteiger partial charge in [0, 0.05) is 15.6 Å². The molecule has 0 saturated heterocycles. The Morgan fingerprint density at radius 3 is 3.09 bits per heavy atom. The molecule has 0 unspecified atom stereocenters. The second-order valence-electron chi connectivity index (χ2n) is 2.47. The molecule has 0 atom stereocenters. The lowest BCUT2D eigenvalue weighted by Gasteiger charge is -2.00. The lowest BCUT2D eigenvalue weighted by atomic mass is 10.2. The number of ether oxygens (including phenoxy) is 1. The summed E-state index contributed by atoms with van der Waals surface area (Å²) < 4.78 is 19.1. The van der Waals surface area contributed by atoms with Crippen molar-refractivity contribution in [1.82, 2.24) is 0 Å². The van der Waals surface area contributed by atoms with Crippen LogP contribution in [0, 0.1) is 9.39 Å². The zero-order valence-corrected chi connectivity index (χ0v) is 7.89. The van der Waals surface area contributed by atoms with Gasteiger partial charge in [0.25, 0.3) is 0 Å². The summed E-state index contributed by atoms with van der Waals surface area (Å²) >= 11 is 2.10. The molecule has 1 aromatic rings. The van der Waals surface area contributed by atoms with E-state index in [1.165, 1.54) is 6.07 Å². The van der Waals surface area contributed by atoms with Crippen LogP contribution in [0.3, 0.4) is 0 Å². The summed E-state index contributed by atoms with van der Waals surface area (Å²) in [6, 6.07) is 3.46. The van der Waals surface area contributed by atoms with Crippen molar-refractivity contribution in [2.75, 3.05) is 6.61 Å². The third kappa shape index (κ3) is 1.21. The summed E-state index contributed by atoms with van der Waals surface area (Å²) in [7, 11) is 0. The average molecular weight is 264 g/mol. The van der Waals surface area contributed by atoms with E-state index in [0.717, 1.165) is 15.6 Å². The summed E-state index contributed by atoms with van der Waals surface area (Å²) in [4.78, 5) is 0. The summed E-state index contributed by atoms with van der Waals surface area (Å²) in [5.74, 6) is 0.217. The molecule has 0 saturated carbocycles. The molecule has 0 aliphatic carbocycles. The van der Waals surface area contributed by atoms with Crippen molar-refractivity contribution in [3.05, 3.63) is 27.1 Å². The fourth-order valence-corrected chi connectivity index (χ4v) is 1.87. The Hall–Kier alpha value is -0.320. The summed E-state index contributed by atoms with van der Waals surface area (Å²) in [5.41, 5.74) is 0.995. The topological polar surface area (TPSA) is 9.23 Å². The minimum atomic E-state index is -0.232. The van der Waals surface area contributed by atoms with Crippen molar-refractivity contribution >= 4 is 22.6 Å². The third-order valence-electron chi connectivity index (χ3n) is 1.70. The van der Waals surface area contributed by atoms with Crippen molar-refractivity contribution in [2.24, 2.45) is 0 Å². The number of hydrogen-bond donors (Lipinski definition) is 0. The number of fused-ring (bicyclic) bond motifs is 1. The molecule has 1 nitrogen and oxygen atoms in total. The molecule has 0 N–H and O–H groups in total. The molecule has 0 amide bonds. The van der Waals surface area contributed by atoms with Crippen LogP contribution in [0.15, 0.2) is 12.1 Å². The first-order valence-corrected chi connectivity index (χ1v) is 4.46. The van der Waals surface area contributed by atoms with E-state index < -0.39 is 0 Å². The molecule has 1 aliphatic heterocycles. The van der Waals surface area contributed by atoms with Crippen LogP contribution >= 0.6 is 22.6 Å². The maximum Gasteiger partial charge on any atom is 0.166 e. The van der Waals surface area contributed by atoms with Gasteiger partial charge in [-0.3, -0.25) is 0 Å². The summed E-state index contributed by atoms with van der Waals surface area (Å²) in [6.07, 6.45) is 0.836. The summed E-state index contributed by atoms with van der Waals surface area (Å²) in [5, 5.41) is 0. The van der Waals surface area contributed by atoms with Gasteiger partial charge in [-0.25, -0.2) is 4.39 Å². The zero-order valence-electron chi connectivity index (χ0n) is 5.73. The van der Waals surface area contributed by atoms with Gasteiger partial charge in [0.15, 0.2) is 11.6 Å². The maximum absolute atomic E-state index is 13.0. The SMILES string of the molecule is Fc1cc(I)cc2c1OCC2. The Morgan fingerprint density at radius 1 is 1.45 bits per heavy atom. The van der Waals surface area contributed by atoms with Gasteiger partial charge < -0.3 is 4.74 Å². The van der Waals surface area contributed by atoms with Gasteiger partial charge in [0.2, 0.25) is 0 Å². The first-order valence-electron chi connectivity index (χ1n) is 3.38. The van der Waals surface area contributed by atoms with Crippen LogP contribution in [-0.4, -0.2) is 6.61 Å². The van der Waals surface area contributed by atoms with Gasteiger partial charge in [0.05, 0.1) is 6.61 Å². The predicted molar refractivity (Wildman–Crippen MR) is 48.3 cm³/mol. The van der Waals surface area contributed by atoms with E-state index in [1.54, 1.807) is 0 Å². The minimum absolute atomic E-state index is 0.232. The molecule has 11 heavy (non-hydrogen) atoms. The van der Waals surface area contributed by atoms with E-state index >= 15 is 0 Å². The van der Waals surface area contributed by atoms with Gasteiger partial charge in [-0.15, -0.1) is 0 Å². The van der Waals surface area contributed by atoms with E-state index in [2.05, 4.69) is 22.6 Å². The van der Waals surface area contributed by atoms with Crippen LogP contribution in [0.5, 0.6) is 5.75 Å². The molecule has 2 rings (SSSR count). The van der Waals surface area contributed by atoms with Gasteiger partial charge in [-0.05, 0) is 34.7 Å². The molecule has 0 bridgehead atoms. The quantitative estimate of drug-likeness (QED) is 0.653. The highest BCUT2D eigenvalue weighted by Gasteiger charge is 2.16. The second kappa shape index (κ2) is 2.62. The first kappa shape index (κ1) is 7.34. The Bertz CT molecular complexity index is 298. The molecule has 1 heterocycles. The maximum atomic E-state index is 13.0. The highest BCUT2D eigenvalue weighted by atomic mass is 127. The monoisotopic (exact) mass is 264 g/mol. The molecule has 1 aliphatic rings. The van der Waals surface area contributed by atoms with Crippen LogP contribution in [0.25, 0.3) is 0 Å². The van der Waals surface area contributed by atoms with Crippen molar-refractivity contribution in [2.45, 2.75) is 6.42 Å². The predicted octanol–water partition coefficient (Wildman–Crippen LogP) is 2.37. The number of halogens is 2. The fraction of sp³-hybridized carbons (Fsp3) is 0.250. The number of rotatable bonds is 0. The fourth-order valence-electron chi connectivity index (χ4n) is 1.22. The van der Waals surface area contributed by atoms with E-state index in [4.69, 9.17) is 4.74 Å². The summed E-state index contributed by atoms with van der Waals surface area (Å²) in [6.45, 7) is 0.617. The van der Waals surface area contributed by atoms with Crippen LogP contribution in [0.4, 0.5) is 4.39 Å². The molecule has 0 fully saturated rings. The Balaban J connectivity index is 2.60. The number of benzene rings is 1. The standard InChI is InChI=1S/C8H6FIO/c9-7-4-6(10)3-5-1-2-11-8(5)7/h3-4H,1-2H2. The third-order valence-corrected chi connectivity index (χ3v) is 2.33. The highest BCUT2D eigenvalue weighted by molar-refractivity contribution is 14.1. The van der Waals surface area contributed by atoms with E-state index in [-0.39, 0.29) is 5.82 Å². The molecule has 1 aromatic carbocycles. The van der Waals surface area contributed by atoms with Crippen molar-refractivity contribution in [3.8, 4) is 5.75 Å². The number of hydrogen-bond acceptors (Lipinski definition) is 1. The normalized spacial score (nSPS) is 14.4. The van der Waals surface area contributed by atoms with Gasteiger partial charge >= 0.3 is 0 Å². The second-order valence-corrected chi connectivity index (χ2v) is 3.72. The molecule has 0 radical (unpaired) electrons. The molecule has 3 heteroatoms. The van der Waals surface area contributed by atoms with E-state index in [9.17, 15) is 4.39 Å². The Labute approximate surface area is 77.7 Å². The van der Waals surface area contributed by atoms with E-state index in [1.807, 2.05) is 6.07 Å². The molecular formula is C8H6FIO. The molecule has 0 spiro atoms. The van der Waals surface area contributed by atoms with Crippen LogP contribution in [-0.2, 0) is 6.42 Å². The van der Waals surface area contributed by atoms with Crippen molar-refractivity contribution in [1.29, 1.82) is 0 Å². The highest BCUT2D eigenvalue weighted by Crippen LogP contribution is 2.29. The molecule has 0 aromatic heterocycles. The smallest absolute Gasteiger partial charge is 0.166 e.